The van der Waals surface area contributed by atoms with Crippen LogP contribution in [-0.2, 0) is 6.61 Å². The number of rotatable bonds is 4. The molecular formula is C15H19NO3. The van der Waals surface area contributed by atoms with Gasteiger partial charge in [-0.3, -0.25) is 0 Å². The third-order valence-corrected chi connectivity index (χ3v) is 3.29. The summed E-state index contributed by atoms with van der Waals surface area (Å²) in [7, 11) is 3.27. The number of aromatic nitrogens is 1. The predicted octanol–water partition coefficient (Wildman–Crippen LogP) is 2.81. The lowest BCUT2D eigenvalue weighted by Crippen LogP contribution is -1.94. The van der Waals surface area contributed by atoms with Crippen LogP contribution < -0.4 is 9.47 Å². The summed E-state index contributed by atoms with van der Waals surface area (Å²) < 4.78 is 10.7. The summed E-state index contributed by atoms with van der Waals surface area (Å²) in [5.41, 5.74) is 4.86. The SMILES string of the molecule is COc1cc(C)c(-c2cc(CO)c(C)[nH]2)c(OC)c1. The molecule has 19 heavy (non-hydrogen) atoms. The molecule has 1 heterocycles. The maximum atomic E-state index is 9.29. The largest absolute Gasteiger partial charge is 0.497 e. The topological polar surface area (TPSA) is 54.5 Å². The van der Waals surface area contributed by atoms with E-state index < -0.39 is 0 Å². The number of ether oxygens (including phenoxy) is 2. The Kier molecular flexibility index (Phi) is 3.81. The molecule has 0 aliphatic heterocycles. The fraction of sp³-hybridized carbons (Fsp3) is 0.333. The highest BCUT2D eigenvalue weighted by Gasteiger charge is 2.14. The van der Waals surface area contributed by atoms with Crippen molar-refractivity contribution in [2.75, 3.05) is 14.2 Å². The second kappa shape index (κ2) is 5.36. The third kappa shape index (κ3) is 2.44. The van der Waals surface area contributed by atoms with Crippen molar-refractivity contribution in [2.24, 2.45) is 0 Å². The van der Waals surface area contributed by atoms with Crippen molar-refractivity contribution in [1.82, 2.24) is 4.98 Å². The number of hydrogen-bond donors (Lipinski definition) is 2. The molecule has 0 aliphatic carbocycles. The number of nitrogens with one attached hydrogen (secondary N) is 1. The first kappa shape index (κ1) is 13.5. The molecule has 4 heteroatoms. The van der Waals surface area contributed by atoms with Gasteiger partial charge in [0.1, 0.15) is 11.5 Å². The zero-order chi connectivity index (χ0) is 14.0. The summed E-state index contributed by atoms with van der Waals surface area (Å²) in [6.45, 7) is 3.98. The molecule has 0 radical (unpaired) electrons. The van der Waals surface area contributed by atoms with Crippen LogP contribution in [0.15, 0.2) is 18.2 Å². The number of hydrogen-bond acceptors (Lipinski definition) is 3. The van der Waals surface area contributed by atoms with Gasteiger partial charge in [0.05, 0.1) is 20.8 Å². The monoisotopic (exact) mass is 261 g/mol. The minimum absolute atomic E-state index is 0.0276. The number of aliphatic hydroxyl groups is 1. The van der Waals surface area contributed by atoms with E-state index in [1.165, 1.54) is 0 Å². The smallest absolute Gasteiger partial charge is 0.132 e. The maximum Gasteiger partial charge on any atom is 0.132 e. The van der Waals surface area contributed by atoms with Crippen LogP contribution in [-0.4, -0.2) is 24.3 Å². The van der Waals surface area contributed by atoms with Gasteiger partial charge in [-0.15, -0.1) is 0 Å². The second-order valence-corrected chi connectivity index (χ2v) is 4.51. The van der Waals surface area contributed by atoms with Gasteiger partial charge >= 0.3 is 0 Å². The van der Waals surface area contributed by atoms with Gasteiger partial charge in [-0.2, -0.15) is 0 Å². The quantitative estimate of drug-likeness (QED) is 0.889. The number of benzene rings is 1. The average Bonchev–Trinajstić information content (AvgIpc) is 2.78. The van der Waals surface area contributed by atoms with E-state index >= 15 is 0 Å². The van der Waals surface area contributed by atoms with Crippen LogP contribution in [0.2, 0.25) is 0 Å². The van der Waals surface area contributed by atoms with E-state index in [-0.39, 0.29) is 6.61 Å². The van der Waals surface area contributed by atoms with Gasteiger partial charge in [0, 0.05) is 23.0 Å². The van der Waals surface area contributed by atoms with Crippen molar-refractivity contribution in [3.8, 4) is 22.8 Å². The van der Waals surface area contributed by atoms with Gasteiger partial charge in [0.25, 0.3) is 0 Å². The molecule has 0 unspecified atom stereocenters. The standard InChI is InChI=1S/C15H19NO3/c1-9-5-12(18-3)7-14(19-4)15(9)13-6-11(8-17)10(2)16-13/h5-7,16-17H,8H2,1-4H3. The van der Waals surface area contributed by atoms with Gasteiger partial charge in [0.2, 0.25) is 0 Å². The van der Waals surface area contributed by atoms with Crippen LogP contribution in [0.4, 0.5) is 0 Å². The van der Waals surface area contributed by atoms with Gasteiger partial charge < -0.3 is 19.6 Å². The molecule has 2 aromatic rings. The Hall–Kier alpha value is -1.94. The summed E-state index contributed by atoms with van der Waals surface area (Å²) in [6.07, 6.45) is 0. The molecule has 0 bridgehead atoms. The van der Waals surface area contributed by atoms with Crippen molar-refractivity contribution >= 4 is 0 Å². The molecule has 0 fully saturated rings. The van der Waals surface area contributed by atoms with Crippen LogP contribution in [0.5, 0.6) is 11.5 Å². The van der Waals surface area contributed by atoms with Crippen LogP contribution in [0.1, 0.15) is 16.8 Å². The fourth-order valence-electron chi connectivity index (χ4n) is 2.25. The average molecular weight is 261 g/mol. The minimum Gasteiger partial charge on any atom is -0.497 e. The minimum atomic E-state index is 0.0276. The van der Waals surface area contributed by atoms with Gasteiger partial charge in [-0.25, -0.2) is 0 Å². The molecule has 0 amide bonds. The molecule has 4 nitrogen and oxygen atoms in total. The number of aliphatic hydroxyl groups excluding tert-OH is 1. The maximum absolute atomic E-state index is 9.29. The van der Waals surface area contributed by atoms with E-state index in [2.05, 4.69) is 4.98 Å². The first-order valence-electron chi connectivity index (χ1n) is 6.13. The molecule has 2 rings (SSSR count). The zero-order valence-corrected chi connectivity index (χ0v) is 11.7. The summed E-state index contributed by atoms with van der Waals surface area (Å²) >= 11 is 0. The molecule has 1 aromatic carbocycles. The number of aromatic amines is 1. The highest BCUT2D eigenvalue weighted by Crippen LogP contribution is 2.36. The van der Waals surface area contributed by atoms with Crippen LogP contribution >= 0.6 is 0 Å². The summed E-state index contributed by atoms with van der Waals surface area (Å²) in [6, 6.07) is 5.77. The lowest BCUT2D eigenvalue weighted by atomic mass is 10.0. The third-order valence-electron chi connectivity index (χ3n) is 3.29. The van der Waals surface area contributed by atoms with Crippen molar-refractivity contribution in [3.05, 3.63) is 35.0 Å². The summed E-state index contributed by atoms with van der Waals surface area (Å²) in [5.74, 6) is 1.52. The molecule has 1 aromatic heterocycles. The highest BCUT2D eigenvalue weighted by atomic mass is 16.5. The lowest BCUT2D eigenvalue weighted by molar-refractivity contribution is 0.281. The first-order valence-corrected chi connectivity index (χ1v) is 6.13. The zero-order valence-electron chi connectivity index (χ0n) is 11.7. The number of aryl methyl sites for hydroxylation is 2. The van der Waals surface area contributed by atoms with Crippen molar-refractivity contribution in [2.45, 2.75) is 20.5 Å². The van der Waals surface area contributed by atoms with Crippen LogP contribution in [0.3, 0.4) is 0 Å². The second-order valence-electron chi connectivity index (χ2n) is 4.51. The van der Waals surface area contributed by atoms with Crippen molar-refractivity contribution in [1.29, 1.82) is 0 Å². The summed E-state index contributed by atoms with van der Waals surface area (Å²) in [4.78, 5) is 3.28. The van der Waals surface area contributed by atoms with Gasteiger partial charge in [-0.1, -0.05) is 0 Å². The van der Waals surface area contributed by atoms with E-state index in [0.29, 0.717) is 0 Å². The normalized spacial score (nSPS) is 10.6. The molecule has 102 valence electrons. The molecular weight excluding hydrogens is 242 g/mol. The van der Waals surface area contributed by atoms with Gasteiger partial charge in [-0.05, 0) is 37.1 Å². The van der Waals surface area contributed by atoms with Gasteiger partial charge in [0.15, 0.2) is 0 Å². The van der Waals surface area contributed by atoms with Crippen molar-refractivity contribution in [3.63, 3.8) is 0 Å². The Morgan fingerprint density at radius 3 is 2.37 bits per heavy atom. The van der Waals surface area contributed by atoms with Crippen molar-refractivity contribution < 1.29 is 14.6 Å². The Bertz CT molecular complexity index is 587. The van der Waals surface area contributed by atoms with Crippen LogP contribution in [0, 0.1) is 13.8 Å². The number of methoxy groups -OCH3 is 2. The van der Waals surface area contributed by atoms with E-state index in [4.69, 9.17) is 9.47 Å². The molecule has 0 aliphatic rings. The first-order chi connectivity index (χ1) is 9.10. The van der Waals surface area contributed by atoms with E-state index in [1.807, 2.05) is 32.0 Å². The fourth-order valence-corrected chi connectivity index (χ4v) is 2.25. The highest BCUT2D eigenvalue weighted by molar-refractivity contribution is 5.73. The summed E-state index contributed by atoms with van der Waals surface area (Å²) in [5, 5.41) is 9.29. The molecule has 0 atom stereocenters. The van der Waals surface area contributed by atoms with Crippen LogP contribution in [0.25, 0.3) is 11.3 Å². The Morgan fingerprint density at radius 1 is 1.11 bits per heavy atom. The predicted molar refractivity (Wildman–Crippen MR) is 74.7 cm³/mol. The Labute approximate surface area is 113 Å². The Morgan fingerprint density at radius 2 is 1.84 bits per heavy atom. The van der Waals surface area contributed by atoms with E-state index in [0.717, 1.165) is 39.6 Å². The van der Waals surface area contributed by atoms with E-state index in [9.17, 15) is 5.11 Å². The Balaban J connectivity index is 2.60. The molecule has 0 saturated heterocycles. The molecule has 2 N–H and O–H groups in total. The molecule has 0 spiro atoms. The molecule has 0 saturated carbocycles. The lowest BCUT2D eigenvalue weighted by Gasteiger charge is -2.12. The van der Waals surface area contributed by atoms with E-state index in [1.54, 1.807) is 14.2 Å². The number of H-pyrrole nitrogens is 1.